The van der Waals surface area contributed by atoms with Gasteiger partial charge in [-0.2, -0.15) is 5.10 Å². The molecule has 3 aromatic carbocycles. The fraction of sp³-hybridized carbons (Fsp3) is 0.296. The fourth-order valence-corrected chi connectivity index (χ4v) is 4.30. The summed E-state index contributed by atoms with van der Waals surface area (Å²) in [6.45, 7) is 1.85. The van der Waals surface area contributed by atoms with Crippen LogP contribution in [0.4, 0.5) is 5.69 Å². The molecule has 5 nitrogen and oxygen atoms in total. The van der Waals surface area contributed by atoms with Crippen molar-refractivity contribution in [2.45, 2.75) is 45.4 Å². The first-order valence-electron chi connectivity index (χ1n) is 11.3. The van der Waals surface area contributed by atoms with Crippen molar-refractivity contribution in [3.63, 3.8) is 0 Å². The van der Waals surface area contributed by atoms with E-state index in [-0.39, 0.29) is 24.2 Å². The Morgan fingerprint density at radius 1 is 0.938 bits per heavy atom. The Balaban J connectivity index is 1.38. The molecule has 2 N–H and O–H groups in total. The van der Waals surface area contributed by atoms with Crippen LogP contribution in [0.2, 0.25) is 0 Å². The van der Waals surface area contributed by atoms with Crippen molar-refractivity contribution in [2.75, 3.05) is 5.32 Å². The summed E-state index contributed by atoms with van der Waals surface area (Å²) in [5, 5.41) is 9.52. The number of benzene rings is 3. The Hall–Kier alpha value is -3.47. The predicted octanol–water partition coefficient (Wildman–Crippen LogP) is 5.44. The van der Waals surface area contributed by atoms with Gasteiger partial charge in [0, 0.05) is 11.6 Å². The van der Waals surface area contributed by atoms with Gasteiger partial charge in [0.05, 0.1) is 12.1 Å². The minimum Gasteiger partial charge on any atom is -0.326 e. The van der Waals surface area contributed by atoms with Crippen molar-refractivity contribution in [1.82, 2.24) is 5.43 Å². The maximum Gasteiger partial charge on any atom is 0.244 e. The summed E-state index contributed by atoms with van der Waals surface area (Å²) in [5.74, 6) is 0.0396. The number of anilines is 1. The molecule has 1 fully saturated rings. The largest absolute Gasteiger partial charge is 0.326 e. The van der Waals surface area contributed by atoms with Crippen molar-refractivity contribution < 1.29 is 9.59 Å². The van der Waals surface area contributed by atoms with Crippen molar-refractivity contribution in [3.8, 4) is 0 Å². The second-order valence-corrected chi connectivity index (χ2v) is 8.45. The van der Waals surface area contributed by atoms with Crippen molar-refractivity contribution >= 4 is 34.0 Å². The van der Waals surface area contributed by atoms with E-state index in [0.29, 0.717) is 5.71 Å². The molecule has 0 aliphatic heterocycles. The minimum atomic E-state index is -0.164. The van der Waals surface area contributed by atoms with Crippen LogP contribution >= 0.6 is 0 Å². The number of fused-ring (bicyclic) bond motifs is 1. The second kappa shape index (κ2) is 10.2. The van der Waals surface area contributed by atoms with E-state index in [4.69, 9.17) is 0 Å². The van der Waals surface area contributed by atoms with Crippen LogP contribution in [0, 0.1) is 5.92 Å². The summed E-state index contributed by atoms with van der Waals surface area (Å²) >= 11 is 0. The summed E-state index contributed by atoms with van der Waals surface area (Å²) in [7, 11) is 0. The third-order valence-electron chi connectivity index (χ3n) is 6.10. The van der Waals surface area contributed by atoms with E-state index >= 15 is 0 Å². The molecule has 1 saturated carbocycles. The predicted molar refractivity (Wildman–Crippen MR) is 130 cm³/mol. The zero-order valence-electron chi connectivity index (χ0n) is 18.4. The molecule has 0 atom stereocenters. The number of amides is 2. The topological polar surface area (TPSA) is 70.6 Å². The molecule has 0 unspecified atom stereocenters. The number of hydrogen-bond donors (Lipinski definition) is 2. The molecule has 1 aliphatic carbocycles. The van der Waals surface area contributed by atoms with E-state index < -0.39 is 0 Å². The summed E-state index contributed by atoms with van der Waals surface area (Å²) in [6.07, 6.45) is 5.67. The molecule has 32 heavy (non-hydrogen) atoms. The number of carbonyl (C=O) groups excluding carboxylic acids is 2. The SMILES string of the molecule is CC(=NNC(=O)Cc1cccc2ccccc12)c1cccc(NC(=O)C2CCCCC2)c1. The van der Waals surface area contributed by atoms with E-state index in [1.165, 1.54) is 6.42 Å². The lowest BCUT2D eigenvalue weighted by Crippen LogP contribution is -2.24. The lowest BCUT2D eigenvalue weighted by atomic mass is 9.88. The third kappa shape index (κ3) is 5.41. The monoisotopic (exact) mass is 427 g/mol. The van der Waals surface area contributed by atoms with Gasteiger partial charge >= 0.3 is 0 Å². The number of carbonyl (C=O) groups is 2. The van der Waals surface area contributed by atoms with Crippen LogP contribution in [-0.4, -0.2) is 17.5 Å². The number of nitrogens with zero attached hydrogens (tertiary/aromatic N) is 1. The van der Waals surface area contributed by atoms with Crippen molar-refractivity contribution in [3.05, 3.63) is 77.9 Å². The smallest absolute Gasteiger partial charge is 0.244 e. The molecule has 3 aromatic rings. The van der Waals surface area contributed by atoms with E-state index in [2.05, 4.69) is 15.8 Å². The van der Waals surface area contributed by atoms with Crippen LogP contribution in [-0.2, 0) is 16.0 Å². The van der Waals surface area contributed by atoms with E-state index in [1.54, 1.807) is 0 Å². The van der Waals surface area contributed by atoms with E-state index in [9.17, 15) is 9.59 Å². The highest BCUT2D eigenvalue weighted by Gasteiger charge is 2.21. The van der Waals surface area contributed by atoms with Gasteiger partial charge in [-0.05, 0) is 53.8 Å². The van der Waals surface area contributed by atoms with Gasteiger partial charge in [-0.3, -0.25) is 9.59 Å². The number of hydrogen-bond acceptors (Lipinski definition) is 3. The van der Waals surface area contributed by atoms with Gasteiger partial charge in [-0.15, -0.1) is 0 Å². The highest BCUT2D eigenvalue weighted by molar-refractivity contribution is 6.01. The average molecular weight is 428 g/mol. The molecule has 4 rings (SSSR count). The molecular weight excluding hydrogens is 398 g/mol. The average Bonchev–Trinajstić information content (AvgIpc) is 2.83. The first-order valence-corrected chi connectivity index (χ1v) is 11.3. The minimum absolute atomic E-state index is 0.0971. The molecule has 0 bridgehead atoms. The third-order valence-corrected chi connectivity index (χ3v) is 6.10. The molecule has 5 heteroatoms. The van der Waals surface area contributed by atoms with Crippen LogP contribution in [0.5, 0.6) is 0 Å². The maximum atomic E-state index is 12.5. The number of nitrogens with one attached hydrogen (secondary N) is 2. The van der Waals surface area contributed by atoms with E-state index in [0.717, 1.165) is 53.3 Å². The van der Waals surface area contributed by atoms with Gasteiger partial charge in [0.1, 0.15) is 0 Å². The van der Waals surface area contributed by atoms with Gasteiger partial charge in [0.15, 0.2) is 0 Å². The summed E-state index contributed by atoms with van der Waals surface area (Å²) < 4.78 is 0. The Kier molecular flexibility index (Phi) is 6.95. The number of hydrazone groups is 1. The molecule has 1 aliphatic rings. The second-order valence-electron chi connectivity index (χ2n) is 8.45. The standard InChI is InChI=1S/C27H29N3O2/c1-19(22-13-8-15-24(17-22)28-27(32)21-10-3-2-4-11-21)29-30-26(31)18-23-14-7-12-20-9-5-6-16-25(20)23/h5-9,12-17,21H,2-4,10-11,18H2,1H3,(H,28,32)(H,30,31). The molecule has 0 spiro atoms. The molecular formula is C27H29N3O2. The van der Waals surface area contributed by atoms with Gasteiger partial charge in [-0.25, -0.2) is 5.43 Å². The summed E-state index contributed by atoms with van der Waals surface area (Å²) in [5.41, 5.74) is 5.94. The first-order chi connectivity index (χ1) is 15.6. The zero-order chi connectivity index (χ0) is 22.3. The highest BCUT2D eigenvalue weighted by atomic mass is 16.2. The van der Waals surface area contributed by atoms with Crippen LogP contribution < -0.4 is 10.7 Å². The quantitative estimate of drug-likeness (QED) is 0.406. The van der Waals surface area contributed by atoms with Gasteiger partial charge in [0.2, 0.25) is 11.8 Å². The van der Waals surface area contributed by atoms with Crippen LogP contribution in [0.1, 0.15) is 50.2 Å². The summed E-state index contributed by atoms with van der Waals surface area (Å²) in [4.78, 5) is 25.0. The molecule has 0 saturated heterocycles. The molecule has 0 aromatic heterocycles. The van der Waals surface area contributed by atoms with E-state index in [1.807, 2.05) is 73.7 Å². The Bertz CT molecular complexity index is 1140. The fourth-order valence-electron chi connectivity index (χ4n) is 4.30. The summed E-state index contributed by atoms with van der Waals surface area (Å²) in [6, 6.07) is 21.6. The Morgan fingerprint density at radius 2 is 1.69 bits per heavy atom. The maximum absolute atomic E-state index is 12.5. The van der Waals surface area contributed by atoms with Gasteiger partial charge < -0.3 is 5.32 Å². The Morgan fingerprint density at radius 3 is 2.53 bits per heavy atom. The Labute approximate surface area is 188 Å². The number of rotatable bonds is 6. The lowest BCUT2D eigenvalue weighted by Gasteiger charge is -2.20. The van der Waals surface area contributed by atoms with Crippen LogP contribution in [0.25, 0.3) is 10.8 Å². The van der Waals surface area contributed by atoms with Crippen molar-refractivity contribution in [1.29, 1.82) is 0 Å². The zero-order valence-corrected chi connectivity index (χ0v) is 18.4. The first kappa shape index (κ1) is 21.8. The molecule has 0 radical (unpaired) electrons. The molecule has 0 heterocycles. The molecule has 164 valence electrons. The lowest BCUT2D eigenvalue weighted by molar-refractivity contribution is -0.121. The highest BCUT2D eigenvalue weighted by Crippen LogP contribution is 2.25. The molecule has 2 amide bonds. The van der Waals surface area contributed by atoms with Crippen LogP contribution in [0.15, 0.2) is 71.8 Å². The van der Waals surface area contributed by atoms with Crippen LogP contribution in [0.3, 0.4) is 0 Å². The normalized spacial score (nSPS) is 14.8. The van der Waals surface area contributed by atoms with Gasteiger partial charge in [0.25, 0.3) is 0 Å². The van der Waals surface area contributed by atoms with Crippen molar-refractivity contribution in [2.24, 2.45) is 11.0 Å². The van der Waals surface area contributed by atoms with Gasteiger partial charge in [-0.1, -0.05) is 73.9 Å².